The zero-order valence-corrected chi connectivity index (χ0v) is 15.4. The van der Waals surface area contributed by atoms with Gasteiger partial charge in [-0.25, -0.2) is 0 Å². The van der Waals surface area contributed by atoms with Crippen molar-refractivity contribution < 1.29 is 4.79 Å². The smallest absolute Gasteiger partial charge is 0.133 e. The van der Waals surface area contributed by atoms with E-state index < -0.39 is 0 Å². The molecule has 0 heterocycles. The third-order valence-electron chi connectivity index (χ3n) is 7.45. The van der Waals surface area contributed by atoms with E-state index in [9.17, 15) is 4.79 Å². The lowest BCUT2D eigenvalue weighted by atomic mass is 9.66. The maximum atomic E-state index is 11.6. The van der Waals surface area contributed by atoms with Crippen LogP contribution in [0.4, 0.5) is 0 Å². The molecule has 3 fully saturated rings. The topological polar surface area (TPSA) is 17.1 Å². The van der Waals surface area contributed by atoms with E-state index in [1.54, 1.807) is 0 Å². The highest BCUT2D eigenvalue weighted by Crippen LogP contribution is 2.44. The van der Waals surface area contributed by atoms with Crippen molar-refractivity contribution >= 4 is 5.78 Å². The first-order chi connectivity index (χ1) is 11.2. The van der Waals surface area contributed by atoms with E-state index in [-0.39, 0.29) is 0 Å². The molecule has 0 bridgehead atoms. The van der Waals surface area contributed by atoms with Crippen LogP contribution in [0.3, 0.4) is 0 Å². The summed E-state index contributed by atoms with van der Waals surface area (Å²) in [6.45, 7) is 2.32. The number of rotatable bonds is 6. The summed E-state index contributed by atoms with van der Waals surface area (Å²) in [6, 6.07) is 0. The molecule has 3 rings (SSSR count). The monoisotopic (exact) mass is 318 g/mol. The summed E-state index contributed by atoms with van der Waals surface area (Å²) in [5, 5.41) is 0. The van der Waals surface area contributed by atoms with Crippen molar-refractivity contribution in [3.63, 3.8) is 0 Å². The molecule has 0 amide bonds. The number of ketones is 1. The summed E-state index contributed by atoms with van der Waals surface area (Å²) < 4.78 is 0. The van der Waals surface area contributed by atoms with E-state index in [1.807, 2.05) is 0 Å². The van der Waals surface area contributed by atoms with Crippen molar-refractivity contribution in [3.05, 3.63) is 0 Å². The number of hydrogen-bond acceptors (Lipinski definition) is 1. The fourth-order valence-corrected chi connectivity index (χ4v) is 5.82. The first-order valence-electron chi connectivity index (χ1n) is 10.8. The number of carbonyl (C=O) groups is 1. The van der Waals surface area contributed by atoms with Crippen LogP contribution in [0.1, 0.15) is 103 Å². The van der Waals surface area contributed by atoms with Gasteiger partial charge in [0, 0.05) is 12.8 Å². The standard InChI is InChI=1S/C22H38O/c1-2-3-4-17-5-7-18(8-6-17)9-10-19-11-12-21-16-22(23)14-13-20(21)15-19/h17-21H,2-16H2,1H3. The Labute approximate surface area is 144 Å². The molecule has 23 heavy (non-hydrogen) atoms. The predicted molar refractivity (Wildman–Crippen MR) is 97.4 cm³/mol. The van der Waals surface area contributed by atoms with E-state index in [4.69, 9.17) is 0 Å². The molecule has 1 heteroatoms. The molecule has 0 aromatic carbocycles. The normalized spacial score (nSPS) is 38.3. The van der Waals surface area contributed by atoms with Crippen molar-refractivity contribution in [3.8, 4) is 0 Å². The van der Waals surface area contributed by atoms with Crippen molar-refractivity contribution in [2.45, 2.75) is 103 Å². The molecule has 3 unspecified atom stereocenters. The van der Waals surface area contributed by atoms with Crippen LogP contribution in [-0.4, -0.2) is 5.78 Å². The lowest BCUT2D eigenvalue weighted by molar-refractivity contribution is -0.123. The van der Waals surface area contributed by atoms with Gasteiger partial charge in [-0.2, -0.15) is 0 Å². The molecule has 132 valence electrons. The summed E-state index contributed by atoms with van der Waals surface area (Å²) in [4.78, 5) is 11.6. The van der Waals surface area contributed by atoms with E-state index in [1.165, 1.54) is 83.5 Å². The number of unbranched alkanes of at least 4 members (excludes halogenated alkanes) is 1. The number of Topliss-reactive ketones (excluding diaryl/α,β-unsaturated/α-hetero) is 1. The Hall–Kier alpha value is -0.330. The fourth-order valence-electron chi connectivity index (χ4n) is 5.82. The maximum Gasteiger partial charge on any atom is 0.133 e. The number of carbonyl (C=O) groups excluding carboxylic acids is 1. The lowest BCUT2D eigenvalue weighted by Gasteiger charge is -2.39. The van der Waals surface area contributed by atoms with Crippen molar-refractivity contribution in [2.24, 2.45) is 29.6 Å². The van der Waals surface area contributed by atoms with E-state index in [2.05, 4.69) is 6.92 Å². The summed E-state index contributed by atoms with van der Waals surface area (Å²) in [7, 11) is 0. The quantitative estimate of drug-likeness (QED) is 0.542. The van der Waals surface area contributed by atoms with Gasteiger partial charge in [-0.3, -0.25) is 4.79 Å². The Bertz CT molecular complexity index is 366. The Morgan fingerprint density at radius 3 is 2.17 bits per heavy atom. The molecule has 3 saturated carbocycles. The van der Waals surface area contributed by atoms with Crippen LogP contribution < -0.4 is 0 Å². The second kappa shape index (κ2) is 8.67. The zero-order chi connectivity index (χ0) is 16.1. The molecular formula is C22H38O. The molecule has 0 aliphatic heterocycles. The Kier molecular flexibility index (Phi) is 6.60. The molecule has 0 saturated heterocycles. The van der Waals surface area contributed by atoms with Gasteiger partial charge in [0.25, 0.3) is 0 Å². The minimum absolute atomic E-state index is 0.546. The van der Waals surface area contributed by atoms with E-state index >= 15 is 0 Å². The molecule has 0 N–H and O–H groups in total. The highest BCUT2D eigenvalue weighted by Gasteiger charge is 2.35. The minimum atomic E-state index is 0.546. The predicted octanol–water partition coefficient (Wildman–Crippen LogP) is 6.55. The molecule has 0 spiro atoms. The van der Waals surface area contributed by atoms with Gasteiger partial charge in [-0.15, -0.1) is 0 Å². The molecule has 1 nitrogen and oxygen atoms in total. The molecule has 3 aliphatic carbocycles. The molecule has 0 radical (unpaired) electrons. The van der Waals surface area contributed by atoms with Gasteiger partial charge >= 0.3 is 0 Å². The van der Waals surface area contributed by atoms with Crippen LogP contribution >= 0.6 is 0 Å². The molecule has 0 aromatic heterocycles. The second-order valence-electron chi connectivity index (χ2n) is 9.09. The zero-order valence-electron chi connectivity index (χ0n) is 15.4. The average molecular weight is 319 g/mol. The average Bonchev–Trinajstić information content (AvgIpc) is 2.59. The van der Waals surface area contributed by atoms with Crippen molar-refractivity contribution in [1.29, 1.82) is 0 Å². The van der Waals surface area contributed by atoms with E-state index in [0.717, 1.165) is 42.4 Å². The third-order valence-corrected chi connectivity index (χ3v) is 7.45. The SMILES string of the molecule is CCCCC1CCC(CCC2CCC3CC(=O)CCC3C2)CC1. The van der Waals surface area contributed by atoms with E-state index in [0.29, 0.717) is 5.78 Å². The Balaban J connectivity index is 1.33. The molecular weight excluding hydrogens is 280 g/mol. The highest BCUT2D eigenvalue weighted by molar-refractivity contribution is 5.79. The van der Waals surface area contributed by atoms with Crippen LogP contribution in [0.25, 0.3) is 0 Å². The summed E-state index contributed by atoms with van der Waals surface area (Å²) >= 11 is 0. The summed E-state index contributed by atoms with van der Waals surface area (Å²) in [5.74, 6) is 5.30. The van der Waals surface area contributed by atoms with Crippen LogP contribution in [0.5, 0.6) is 0 Å². The summed E-state index contributed by atoms with van der Waals surface area (Å²) in [5.41, 5.74) is 0. The highest BCUT2D eigenvalue weighted by atomic mass is 16.1. The Morgan fingerprint density at radius 2 is 1.43 bits per heavy atom. The van der Waals surface area contributed by atoms with Gasteiger partial charge in [-0.05, 0) is 48.9 Å². The fraction of sp³-hybridized carbons (Fsp3) is 0.955. The second-order valence-corrected chi connectivity index (χ2v) is 9.09. The Morgan fingerprint density at radius 1 is 0.783 bits per heavy atom. The minimum Gasteiger partial charge on any atom is -0.300 e. The van der Waals surface area contributed by atoms with Crippen molar-refractivity contribution in [2.75, 3.05) is 0 Å². The van der Waals surface area contributed by atoms with Crippen molar-refractivity contribution in [1.82, 2.24) is 0 Å². The van der Waals surface area contributed by atoms with Gasteiger partial charge < -0.3 is 0 Å². The van der Waals surface area contributed by atoms with Gasteiger partial charge in [0.2, 0.25) is 0 Å². The lowest BCUT2D eigenvalue weighted by Crippen LogP contribution is -2.31. The third kappa shape index (κ3) is 5.07. The first-order valence-corrected chi connectivity index (χ1v) is 10.8. The summed E-state index contributed by atoms with van der Waals surface area (Å²) in [6.07, 6.45) is 20.6. The van der Waals surface area contributed by atoms with Crippen LogP contribution in [-0.2, 0) is 4.79 Å². The first kappa shape index (κ1) is 17.5. The molecule has 3 atom stereocenters. The van der Waals surface area contributed by atoms with Crippen LogP contribution in [0.15, 0.2) is 0 Å². The largest absolute Gasteiger partial charge is 0.300 e. The van der Waals surface area contributed by atoms with Gasteiger partial charge in [0.15, 0.2) is 0 Å². The van der Waals surface area contributed by atoms with Gasteiger partial charge in [0.1, 0.15) is 5.78 Å². The molecule has 3 aliphatic rings. The van der Waals surface area contributed by atoms with Gasteiger partial charge in [-0.1, -0.05) is 71.1 Å². The number of fused-ring (bicyclic) bond motifs is 1. The number of hydrogen-bond donors (Lipinski definition) is 0. The molecule has 0 aromatic rings. The van der Waals surface area contributed by atoms with Gasteiger partial charge in [0.05, 0.1) is 0 Å². The maximum absolute atomic E-state index is 11.6. The van der Waals surface area contributed by atoms with Crippen LogP contribution in [0, 0.1) is 29.6 Å². The van der Waals surface area contributed by atoms with Crippen LogP contribution in [0.2, 0.25) is 0 Å².